The zero-order valence-corrected chi connectivity index (χ0v) is 15.4. The summed E-state index contributed by atoms with van der Waals surface area (Å²) in [6.07, 6.45) is 0. The molecule has 138 valence electrons. The van der Waals surface area contributed by atoms with Crippen molar-refractivity contribution in [2.24, 2.45) is 32.9 Å². The van der Waals surface area contributed by atoms with Gasteiger partial charge in [-0.1, -0.05) is 11.6 Å². The Hall–Kier alpha value is -3.45. The second-order valence-corrected chi connectivity index (χ2v) is 6.31. The minimum Gasteiger partial charge on any atom is -0.456 e. The van der Waals surface area contributed by atoms with E-state index in [0.29, 0.717) is 27.9 Å². The van der Waals surface area contributed by atoms with Crippen LogP contribution in [-0.4, -0.2) is 11.9 Å². The minimum atomic E-state index is -0.0289. The second-order valence-electron chi connectivity index (χ2n) is 5.90. The van der Waals surface area contributed by atoms with Gasteiger partial charge in [-0.2, -0.15) is 0 Å². The normalized spacial score (nSPS) is 10.4. The van der Waals surface area contributed by atoms with Gasteiger partial charge in [0.1, 0.15) is 11.5 Å². The van der Waals surface area contributed by atoms with Gasteiger partial charge in [-0.15, -0.1) is 0 Å². The molecular weight excluding hydrogens is 364 g/mol. The van der Waals surface area contributed by atoms with Crippen LogP contribution in [0, 0.1) is 6.92 Å². The summed E-state index contributed by atoms with van der Waals surface area (Å²) >= 11 is 6.35. The highest BCUT2D eigenvalue weighted by Gasteiger charge is 2.12. The molecule has 3 aromatic rings. The predicted octanol–water partition coefficient (Wildman–Crippen LogP) is 3.39. The zero-order valence-electron chi connectivity index (χ0n) is 14.6. The Kier molecular flexibility index (Phi) is 5.05. The SMILES string of the molecule is Cc1cc(N=C(N)N)ccc1-c1ccc(-c2ccc(N=C(N)N)cc2Cl)o1. The van der Waals surface area contributed by atoms with Crippen LogP contribution < -0.4 is 22.9 Å². The van der Waals surface area contributed by atoms with Gasteiger partial charge < -0.3 is 27.4 Å². The Balaban J connectivity index is 1.94. The van der Waals surface area contributed by atoms with Crippen molar-refractivity contribution in [3.05, 3.63) is 59.1 Å². The van der Waals surface area contributed by atoms with Crippen LogP contribution in [0.1, 0.15) is 5.56 Å². The van der Waals surface area contributed by atoms with Crippen molar-refractivity contribution in [2.45, 2.75) is 6.92 Å². The number of halogens is 1. The fourth-order valence-electron chi connectivity index (χ4n) is 2.69. The molecule has 0 saturated heterocycles. The quantitative estimate of drug-likeness (QED) is 0.404. The van der Waals surface area contributed by atoms with Gasteiger partial charge in [-0.3, -0.25) is 0 Å². The topological polar surface area (TPSA) is 142 Å². The summed E-state index contributed by atoms with van der Waals surface area (Å²) in [5.74, 6) is 1.34. The number of furan rings is 1. The second kappa shape index (κ2) is 7.43. The first-order valence-corrected chi connectivity index (χ1v) is 8.41. The molecule has 1 aromatic heterocycles. The Morgan fingerprint density at radius 1 is 0.778 bits per heavy atom. The molecule has 2 aromatic carbocycles. The summed E-state index contributed by atoms with van der Waals surface area (Å²) < 4.78 is 6.00. The van der Waals surface area contributed by atoms with E-state index < -0.39 is 0 Å². The number of aryl methyl sites for hydroxylation is 1. The molecule has 1 heterocycles. The van der Waals surface area contributed by atoms with Crippen molar-refractivity contribution in [2.75, 3.05) is 0 Å². The van der Waals surface area contributed by atoms with Gasteiger partial charge in [-0.25, -0.2) is 9.98 Å². The predicted molar refractivity (Wildman–Crippen MR) is 110 cm³/mol. The van der Waals surface area contributed by atoms with Crippen LogP contribution in [0.5, 0.6) is 0 Å². The molecule has 0 atom stereocenters. The number of aliphatic imine (C=N–C) groups is 2. The molecule has 27 heavy (non-hydrogen) atoms. The molecule has 7 nitrogen and oxygen atoms in total. The van der Waals surface area contributed by atoms with Gasteiger partial charge in [0, 0.05) is 11.1 Å². The molecule has 0 saturated carbocycles. The number of benzene rings is 2. The van der Waals surface area contributed by atoms with Crippen LogP contribution in [0.25, 0.3) is 22.6 Å². The first kappa shape index (κ1) is 18.3. The highest BCUT2D eigenvalue weighted by atomic mass is 35.5. The zero-order chi connectivity index (χ0) is 19.6. The monoisotopic (exact) mass is 382 g/mol. The van der Waals surface area contributed by atoms with Crippen molar-refractivity contribution >= 4 is 34.9 Å². The number of nitrogens with zero attached hydrogens (tertiary/aromatic N) is 2. The first-order chi connectivity index (χ1) is 12.8. The molecular formula is C19H19ClN6O. The molecule has 8 N–H and O–H groups in total. The third kappa shape index (κ3) is 4.21. The first-order valence-electron chi connectivity index (χ1n) is 8.03. The largest absolute Gasteiger partial charge is 0.456 e. The molecule has 0 aliphatic carbocycles. The van der Waals surface area contributed by atoms with Gasteiger partial charge in [0.05, 0.1) is 16.4 Å². The number of guanidine groups is 2. The van der Waals surface area contributed by atoms with E-state index in [1.165, 1.54) is 0 Å². The number of hydrogen-bond donors (Lipinski definition) is 4. The van der Waals surface area contributed by atoms with E-state index >= 15 is 0 Å². The summed E-state index contributed by atoms with van der Waals surface area (Å²) in [5.41, 5.74) is 25.5. The van der Waals surface area contributed by atoms with Crippen LogP contribution in [0.15, 0.2) is 62.9 Å². The molecule has 0 aliphatic heterocycles. The van der Waals surface area contributed by atoms with Crippen molar-refractivity contribution in [3.63, 3.8) is 0 Å². The molecule has 0 amide bonds. The molecule has 0 aliphatic rings. The van der Waals surface area contributed by atoms with E-state index in [0.717, 1.165) is 16.7 Å². The van der Waals surface area contributed by atoms with Crippen LogP contribution in [0.4, 0.5) is 11.4 Å². The number of hydrogen-bond acceptors (Lipinski definition) is 3. The van der Waals surface area contributed by atoms with Crippen molar-refractivity contribution < 1.29 is 4.42 Å². The molecule has 0 fully saturated rings. The maximum absolute atomic E-state index is 6.35. The van der Waals surface area contributed by atoms with Crippen LogP contribution in [0.2, 0.25) is 5.02 Å². The Morgan fingerprint density at radius 2 is 1.30 bits per heavy atom. The number of rotatable bonds is 4. The standard InChI is InChI=1S/C19H19ClN6O/c1-10-8-11(25-18(21)22)2-4-13(10)16-6-7-17(27-16)14-5-3-12(9-15(14)20)26-19(23)24/h2-9H,1H3,(H4,21,22,25)(H4,23,24,26). The van der Waals surface area contributed by atoms with E-state index in [-0.39, 0.29) is 11.9 Å². The summed E-state index contributed by atoms with van der Waals surface area (Å²) in [6, 6.07) is 14.6. The van der Waals surface area contributed by atoms with E-state index in [1.807, 2.05) is 37.3 Å². The summed E-state index contributed by atoms with van der Waals surface area (Å²) in [7, 11) is 0. The van der Waals surface area contributed by atoms with Gasteiger partial charge in [0.15, 0.2) is 11.9 Å². The highest BCUT2D eigenvalue weighted by Crippen LogP contribution is 2.36. The van der Waals surface area contributed by atoms with Crippen molar-refractivity contribution in [3.8, 4) is 22.6 Å². The fraction of sp³-hybridized carbons (Fsp3) is 0.0526. The molecule has 0 unspecified atom stereocenters. The Morgan fingerprint density at radius 3 is 1.81 bits per heavy atom. The van der Waals surface area contributed by atoms with E-state index in [9.17, 15) is 0 Å². The molecule has 0 radical (unpaired) electrons. The van der Waals surface area contributed by atoms with Crippen LogP contribution in [0.3, 0.4) is 0 Å². The van der Waals surface area contributed by atoms with Gasteiger partial charge >= 0.3 is 0 Å². The average Bonchev–Trinajstić information content (AvgIpc) is 3.03. The maximum atomic E-state index is 6.35. The summed E-state index contributed by atoms with van der Waals surface area (Å²) in [4.78, 5) is 8.02. The molecule has 8 heteroatoms. The summed E-state index contributed by atoms with van der Waals surface area (Å²) in [5, 5.41) is 0.484. The Bertz CT molecular complexity index is 964. The lowest BCUT2D eigenvalue weighted by atomic mass is 10.1. The minimum absolute atomic E-state index is 0.0150. The van der Waals surface area contributed by atoms with Gasteiger partial charge in [-0.05, 0) is 61.0 Å². The number of nitrogens with two attached hydrogens (primary N) is 4. The molecule has 0 spiro atoms. The maximum Gasteiger partial charge on any atom is 0.191 e. The lowest BCUT2D eigenvalue weighted by Gasteiger charge is -2.05. The molecule has 0 bridgehead atoms. The van der Waals surface area contributed by atoms with Crippen molar-refractivity contribution in [1.29, 1.82) is 0 Å². The third-order valence-electron chi connectivity index (χ3n) is 3.82. The lowest BCUT2D eigenvalue weighted by molar-refractivity contribution is 0.597. The van der Waals surface area contributed by atoms with Crippen LogP contribution >= 0.6 is 11.6 Å². The summed E-state index contributed by atoms with van der Waals surface area (Å²) in [6.45, 7) is 1.96. The lowest BCUT2D eigenvalue weighted by Crippen LogP contribution is -2.21. The van der Waals surface area contributed by atoms with E-state index in [1.54, 1.807) is 18.2 Å². The van der Waals surface area contributed by atoms with E-state index in [4.69, 9.17) is 39.0 Å². The molecule has 3 rings (SSSR count). The Labute approximate surface area is 161 Å². The van der Waals surface area contributed by atoms with Crippen molar-refractivity contribution in [1.82, 2.24) is 0 Å². The van der Waals surface area contributed by atoms with Crippen LogP contribution in [-0.2, 0) is 0 Å². The fourth-order valence-corrected chi connectivity index (χ4v) is 2.96. The van der Waals surface area contributed by atoms with Gasteiger partial charge in [0.25, 0.3) is 0 Å². The highest BCUT2D eigenvalue weighted by molar-refractivity contribution is 6.33. The third-order valence-corrected chi connectivity index (χ3v) is 4.13. The smallest absolute Gasteiger partial charge is 0.191 e. The average molecular weight is 383 g/mol. The van der Waals surface area contributed by atoms with E-state index in [2.05, 4.69) is 9.98 Å². The van der Waals surface area contributed by atoms with Gasteiger partial charge in [0.2, 0.25) is 0 Å².